The standard InChI is InChI=1S/C28H44ClF2N3O3/c1-3-36-15-6-16-37-26(22-7-4-9-24(29)18-22)23-8-5-14-34(20-23)27(35)33-25(19-32-2)17-21-10-12-28(30,31)13-11-21/h4,7,9,18,21,23,25-26,32H,3,5-6,8,10-17,19-20H2,1-2H3,(H,33,35). The van der Waals surface area contributed by atoms with E-state index in [1.807, 2.05) is 43.1 Å². The first kappa shape index (κ1) is 30.1. The number of benzene rings is 1. The van der Waals surface area contributed by atoms with Gasteiger partial charge in [0.1, 0.15) is 0 Å². The van der Waals surface area contributed by atoms with Gasteiger partial charge in [-0.1, -0.05) is 23.7 Å². The maximum Gasteiger partial charge on any atom is 0.317 e. The van der Waals surface area contributed by atoms with E-state index in [-0.39, 0.29) is 42.9 Å². The van der Waals surface area contributed by atoms with E-state index < -0.39 is 5.92 Å². The number of nitrogens with one attached hydrogen (secondary N) is 2. The summed E-state index contributed by atoms with van der Waals surface area (Å²) in [6, 6.07) is 7.59. The highest BCUT2D eigenvalue weighted by Crippen LogP contribution is 2.38. The highest BCUT2D eigenvalue weighted by atomic mass is 35.5. The molecule has 1 saturated carbocycles. The van der Waals surface area contributed by atoms with E-state index in [2.05, 4.69) is 10.6 Å². The van der Waals surface area contributed by atoms with Gasteiger partial charge >= 0.3 is 6.03 Å². The maximum absolute atomic E-state index is 13.6. The van der Waals surface area contributed by atoms with Crippen molar-refractivity contribution in [3.8, 4) is 0 Å². The van der Waals surface area contributed by atoms with Crippen molar-refractivity contribution in [3.63, 3.8) is 0 Å². The number of likely N-dealkylation sites (tertiary alicyclic amines) is 1. The first-order valence-corrected chi connectivity index (χ1v) is 14.2. The normalized spacial score (nSPS) is 22.0. The van der Waals surface area contributed by atoms with Gasteiger partial charge in [-0.15, -0.1) is 0 Å². The Morgan fingerprint density at radius 2 is 2.03 bits per heavy atom. The summed E-state index contributed by atoms with van der Waals surface area (Å²) in [5.74, 6) is -2.18. The van der Waals surface area contributed by atoms with Gasteiger partial charge in [0.05, 0.1) is 6.10 Å². The maximum atomic E-state index is 13.6. The highest BCUT2D eigenvalue weighted by molar-refractivity contribution is 6.30. The predicted molar refractivity (Wildman–Crippen MR) is 143 cm³/mol. The Bertz CT molecular complexity index is 822. The number of rotatable bonds is 13. The van der Waals surface area contributed by atoms with Crippen LogP contribution in [0.25, 0.3) is 0 Å². The number of hydrogen-bond donors (Lipinski definition) is 2. The van der Waals surface area contributed by atoms with Crippen LogP contribution in [0, 0.1) is 11.8 Å². The molecule has 6 nitrogen and oxygen atoms in total. The van der Waals surface area contributed by atoms with Crippen LogP contribution in [-0.4, -0.2) is 69.4 Å². The molecule has 37 heavy (non-hydrogen) atoms. The van der Waals surface area contributed by atoms with Crippen LogP contribution in [0.4, 0.5) is 13.6 Å². The van der Waals surface area contributed by atoms with Crippen molar-refractivity contribution in [2.75, 3.05) is 46.5 Å². The second kappa shape index (κ2) is 15.2. The minimum Gasteiger partial charge on any atom is -0.382 e. The molecule has 9 heteroatoms. The summed E-state index contributed by atoms with van der Waals surface area (Å²) in [4.78, 5) is 15.2. The average Bonchev–Trinajstić information content (AvgIpc) is 2.87. The summed E-state index contributed by atoms with van der Waals surface area (Å²) in [5.41, 5.74) is 1.03. The van der Waals surface area contributed by atoms with Crippen LogP contribution in [-0.2, 0) is 9.47 Å². The number of halogens is 3. The fraction of sp³-hybridized carbons (Fsp3) is 0.750. The summed E-state index contributed by atoms with van der Waals surface area (Å²) in [7, 11) is 1.85. The lowest BCUT2D eigenvalue weighted by atomic mass is 9.83. The molecule has 2 fully saturated rings. The van der Waals surface area contributed by atoms with Gasteiger partial charge in [-0.05, 0) is 76.1 Å². The molecular formula is C28H44ClF2N3O3. The number of nitrogens with zero attached hydrogens (tertiary/aromatic N) is 1. The number of likely N-dealkylation sites (N-methyl/N-ethyl adjacent to an activating group) is 1. The number of carbonyl (C=O) groups is 1. The monoisotopic (exact) mass is 543 g/mol. The third kappa shape index (κ3) is 9.97. The van der Waals surface area contributed by atoms with E-state index in [0.29, 0.717) is 63.7 Å². The van der Waals surface area contributed by atoms with Crippen molar-refractivity contribution >= 4 is 17.6 Å². The first-order chi connectivity index (χ1) is 17.8. The Kier molecular flexibility index (Phi) is 12.3. The van der Waals surface area contributed by atoms with Crippen LogP contribution in [0.15, 0.2) is 24.3 Å². The van der Waals surface area contributed by atoms with Crippen molar-refractivity contribution in [1.82, 2.24) is 15.5 Å². The van der Waals surface area contributed by atoms with Crippen LogP contribution in [0.3, 0.4) is 0 Å². The minimum atomic E-state index is -2.54. The quantitative estimate of drug-likeness (QED) is 0.297. The number of carbonyl (C=O) groups excluding carboxylic acids is 1. The van der Waals surface area contributed by atoms with Crippen LogP contribution in [0.1, 0.15) is 70.0 Å². The highest BCUT2D eigenvalue weighted by Gasteiger charge is 2.36. The second-order valence-electron chi connectivity index (χ2n) is 10.5. The minimum absolute atomic E-state index is 0.0544. The Hall–Kier alpha value is -1.48. The molecule has 1 saturated heterocycles. The van der Waals surface area contributed by atoms with Gasteiger partial charge in [-0.2, -0.15) is 0 Å². The smallest absolute Gasteiger partial charge is 0.317 e. The summed E-state index contributed by atoms with van der Waals surface area (Å²) in [6.07, 6.45) is 4.13. The van der Waals surface area contributed by atoms with Crippen molar-refractivity contribution in [1.29, 1.82) is 0 Å². The van der Waals surface area contributed by atoms with Gasteiger partial charge in [-0.25, -0.2) is 13.6 Å². The molecule has 0 bridgehead atoms. The Balaban J connectivity index is 1.60. The van der Waals surface area contributed by atoms with Crippen LogP contribution < -0.4 is 10.6 Å². The zero-order chi connectivity index (χ0) is 26.7. The van der Waals surface area contributed by atoms with E-state index in [0.717, 1.165) is 24.8 Å². The summed E-state index contributed by atoms with van der Waals surface area (Å²) >= 11 is 6.29. The molecule has 0 radical (unpaired) electrons. The second-order valence-corrected chi connectivity index (χ2v) is 10.9. The van der Waals surface area contributed by atoms with E-state index in [1.165, 1.54) is 0 Å². The SMILES string of the molecule is CCOCCCOC(c1cccc(Cl)c1)C1CCCN(C(=O)NC(CNC)CC2CCC(F)(F)CC2)C1. The molecule has 2 N–H and O–H groups in total. The number of urea groups is 1. The molecule has 210 valence electrons. The fourth-order valence-corrected chi connectivity index (χ4v) is 5.79. The van der Waals surface area contributed by atoms with Gasteiger partial charge in [0.2, 0.25) is 5.92 Å². The van der Waals surface area contributed by atoms with Gasteiger partial charge in [0.15, 0.2) is 0 Å². The van der Waals surface area contributed by atoms with Gasteiger partial charge in [0.25, 0.3) is 0 Å². The Morgan fingerprint density at radius 1 is 1.24 bits per heavy atom. The molecule has 3 atom stereocenters. The number of alkyl halides is 2. The van der Waals surface area contributed by atoms with Crippen LogP contribution in [0.2, 0.25) is 5.02 Å². The van der Waals surface area contributed by atoms with Crippen LogP contribution in [0.5, 0.6) is 0 Å². The Labute approximate surface area is 225 Å². The van der Waals surface area contributed by atoms with Crippen molar-refractivity contribution in [2.24, 2.45) is 11.8 Å². The molecule has 2 aliphatic rings. The molecule has 1 aliphatic carbocycles. The first-order valence-electron chi connectivity index (χ1n) is 13.8. The van der Waals surface area contributed by atoms with Crippen molar-refractivity contribution in [2.45, 2.75) is 76.4 Å². The summed E-state index contributed by atoms with van der Waals surface area (Å²) in [5, 5.41) is 7.01. The predicted octanol–water partition coefficient (Wildman–Crippen LogP) is 6.05. The molecule has 0 aromatic heterocycles. The van der Waals surface area contributed by atoms with Crippen molar-refractivity contribution in [3.05, 3.63) is 34.9 Å². The van der Waals surface area contributed by atoms with Crippen molar-refractivity contribution < 1.29 is 23.0 Å². The summed E-state index contributed by atoms with van der Waals surface area (Å²) in [6.45, 7) is 5.80. The number of ether oxygens (including phenoxy) is 2. The number of hydrogen-bond acceptors (Lipinski definition) is 4. The van der Waals surface area contributed by atoms with Gasteiger partial charge in [0, 0.05) is 69.3 Å². The molecule has 0 spiro atoms. The lowest BCUT2D eigenvalue weighted by Gasteiger charge is -2.38. The van der Waals surface area contributed by atoms with E-state index in [1.54, 1.807) is 0 Å². The molecule has 1 aromatic carbocycles. The summed E-state index contributed by atoms with van der Waals surface area (Å²) < 4.78 is 39.0. The number of amides is 2. The zero-order valence-corrected chi connectivity index (χ0v) is 23.1. The molecule has 1 aromatic rings. The van der Waals surface area contributed by atoms with Gasteiger partial charge in [-0.3, -0.25) is 0 Å². The lowest BCUT2D eigenvalue weighted by molar-refractivity contribution is -0.0473. The van der Waals surface area contributed by atoms with Crippen LogP contribution >= 0.6 is 11.6 Å². The third-order valence-corrected chi connectivity index (χ3v) is 7.75. The molecule has 3 rings (SSSR count). The number of piperidine rings is 1. The Morgan fingerprint density at radius 3 is 2.73 bits per heavy atom. The average molecular weight is 544 g/mol. The topological polar surface area (TPSA) is 62.8 Å². The van der Waals surface area contributed by atoms with E-state index in [4.69, 9.17) is 21.1 Å². The molecule has 1 aliphatic heterocycles. The van der Waals surface area contributed by atoms with E-state index >= 15 is 0 Å². The van der Waals surface area contributed by atoms with Gasteiger partial charge < -0.3 is 25.0 Å². The lowest BCUT2D eigenvalue weighted by Crippen LogP contribution is -2.52. The molecule has 2 amide bonds. The zero-order valence-electron chi connectivity index (χ0n) is 22.3. The van der Waals surface area contributed by atoms with E-state index in [9.17, 15) is 13.6 Å². The molecule has 1 heterocycles. The largest absolute Gasteiger partial charge is 0.382 e. The third-order valence-electron chi connectivity index (χ3n) is 7.52. The fourth-order valence-electron chi connectivity index (χ4n) is 5.59. The molecule has 3 unspecified atom stereocenters. The molecular weight excluding hydrogens is 500 g/mol.